The quantitative estimate of drug-likeness (QED) is 0.704. The maximum Gasteiger partial charge on any atom is 0.230 e. The monoisotopic (exact) mass is 301 g/mol. The van der Waals surface area contributed by atoms with Gasteiger partial charge in [-0.2, -0.15) is 4.52 Å². The summed E-state index contributed by atoms with van der Waals surface area (Å²) >= 11 is 1.68. The lowest BCUT2D eigenvalue weighted by molar-refractivity contribution is 0.310. The van der Waals surface area contributed by atoms with Gasteiger partial charge in [-0.1, -0.05) is 6.07 Å². The summed E-state index contributed by atoms with van der Waals surface area (Å²) in [4.78, 5) is 10.5. The zero-order chi connectivity index (χ0) is 14.2. The summed E-state index contributed by atoms with van der Waals surface area (Å²) in [6.07, 6.45) is 0. The molecule has 1 aliphatic heterocycles. The number of aromatic nitrogens is 5. The molecule has 0 aliphatic carbocycles. The maximum atomic E-state index is 4.80. The molecule has 0 amide bonds. The summed E-state index contributed by atoms with van der Waals surface area (Å²) in [5, 5.41) is 14.0. The van der Waals surface area contributed by atoms with E-state index in [-0.39, 0.29) is 0 Å². The Kier molecular flexibility index (Phi) is 3.04. The van der Waals surface area contributed by atoms with Gasteiger partial charge in [0.1, 0.15) is 0 Å². The highest BCUT2D eigenvalue weighted by Crippen LogP contribution is 2.26. The predicted molar refractivity (Wildman–Crippen MR) is 81.6 cm³/mol. The van der Waals surface area contributed by atoms with Gasteiger partial charge in [0.15, 0.2) is 5.65 Å². The van der Waals surface area contributed by atoms with Crippen molar-refractivity contribution in [1.82, 2.24) is 29.9 Å². The second-order valence-electron chi connectivity index (χ2n) is 5.16. The zero-order valence-corrected chi connectivity index (χ0v) is 12.5. The number of nitrogens with zero attached hydrogens (tertiary/aromatic N) is 7. The van der Waals surface area contributed by atoms with E-state index in [1.807, 2.05) is 12.1 Å². The van der Waals surface area contributed by atoms with E-state index in [0.717, 1.165) is 48.3 Å². The molecular formula is C13H15N7S. The van der Waals surface area contributed by atoms with Crippen molar-refractivity contribution in [3.8, 4) is 10.6 Å². The highest BCUT2D eigenvalue weighted by molar-refractivity contribution is 7.13. The number of piperazine rings is 1. The molecule has 4 rings (SSSR count). The number of rotatable bonds is 2. The van der Waals surface area contributed by atoms with Gasteiger partial charge in [-0.3, -0.25) is 0 Å². The topological polar surface area (TPSA) is 62.5 Å². The van der Waals surface area contributed by atoms with Crippen molar-refractivity contribution in [3.63, 3.8) is 0 Å². The van der Waals surface area contributed by atoms with E-state index < -0.39 is 0 Å². The molecule has 0 atom stereocenters. The molecule has 0 saturated carbocycles. The number of tetrazole rings is 1. The molecule has 4 heterocycles. The van der Waals surface area contributed by atoms with Crippen LogP contribution >= 0.6 is 11.3 Å². The minimum absolute atomic E-state index is 0.738. The number of fused-ring (bicyclic) bond motifs is 1. The Labute approximate surface area is 125 Å². The first-order valence-electron chi connectivity index (χ1n) is 6.88. The number of anilines is 1. The summed E-state index contributed by atoms with van der Waals surface area (Å²) in [5.74, 6) is 0.828. The Balaban J connectivity index is 1.81. The molecule has 1 aliphatic rings. The summed E-state index contributed by atoms with van der Waals surface area (Å²) in [6.45, 7) is 3.92. The van der Waals surface area contributed by atoms with Crippen LogP contribution in [0.4, 0.5) is 5.95 Å². The van der Waals surface area contributed by atoms with E-state index in [2.05, 4.69) is 43.8 Å². The molecule has 0 N–H and O–H groups in total. The van der Waals surface area contributed by atoms with E-state index in [0.29, 0.717) is 0 Å². The Morgan fingerprint density at radius 1 is 1.19 bits per heavy atom. The van der Waals surface area contributed by atoms with Crippen molar-refractivity contribution in [2.45, 2.75) is 0 Å². The first-order chi connectivity index (χ1) is 10.3. The fourth-order valence-electron chi connectivity index (χ4n) is 2.50. The van der Waals surface area contributed by atoms with Gasteiger partial charge in [-0.15, -0.1) is 16.4 Å². The fourth-order valence-corrected chi connectivity index (χ4v) is 3.18. The molecule has 3 aromatic heterocycles. The molecule has 0 aromatic carbocycles. The lowest BCUT2D eigenvalue weighted by Crippen LogP contribution is -2.45. The van der Waals surface area contributed by atoms with Crippen molar-refractivity contribution in [2.75, 3.05) is 38.1 Å². The summed E-state index contributed by atoms with van der Waals surface area (Å²) in [5.41, 5.74) is 1.67. The van der Waals surface area contributed by atoms with Gasteiger partial charge in [0.2, 0.25) is 5.95 Å². The Bertz CT molecular complexity index is 743. The second-order valence-corrected chi connectivity index (χ2v) is 6.11. The van der Waals surface area contributed by atoms with E-state index in [4.69, 9.17) is 4.98 Å². The Morgan fingerprint density at radius 2 is 2.05 bits per heavy atom. The van der Waals surface area contributed by atoms with E-state index in [9.17, 15) is 0 Å². The van der Waals surface area contributed by atoms with Crippen molar-refractivity contribution in [1.29, 1.82) is 0 Å². The molecular weight excluding hydrogens is 286 g/mol. The SMILES string of the molecule is CN1CCN(c2nc(-c3cccs3)cc3nnnn23)CC1. The van der Waals surface area contributed by atoms with Gasteiger partial charge in [-0.25, -0.2) is 4.98 Å². The third-order valence-electron chi connectivity index (χ3n) is 3.73. The van der Waals surface area contributed by atoms with Gasteiger partial charge in [0.25, 0.3) is 0 Å². The van der Waals surface area contributed by atoms with Crippen LogP contribution in [-0.4, -0.2) is 63.2 Å². The van der Waals surface area contributed by atoms with Crippen LogP contribution in [-0.2, 0) is 0 Å². The highest BCUT2D eigenvalue weighted by atomic mass is 32.1. The van der Waals surface area contributed by atoms with Crippen molar-refractivity contribution >= 4 is 22.9 Å². The third-order valence-corrected chi connectivity index (χ3v) is 4.62. The van der Waals surface area contributed by atoms with Crippen LogP contribution in [0.15, 0.2) is 23.6 Å². The van der Waals surface area contributed by atoms with Gasteiger partial charge in [0, 0.05) is 32.2 Å². The highest BCUT2D eigenvalue weighted by Gasteiger charge is 2.20. The van der Waals surface area contributed by atoms with Crippen LogP contribution in [0.1, 0.15) is 0 Å². The number of hydrogen-bond acceptors (Lipinski definition) is 7. The summed E-state index contributed by atoms with van der Waals surface area (Å²) in [7, 11) is 2.14. The predicted octanol–water partition coefficient (Wildman–Crippen LogP) is 1.000. The van der Waals surface area contributed by atoms with Crippen LogP contribution in [0.2, 0.25) is 0 Å². The van der Waals surface area contributed by atoms with E-state index in [1.54, 1.807) is 15.9 Å². The Morgan fingerprint density at radius 3 is 2.81 bits per heavy atom. The molecule has 7 nitrogen and oxygen atoms in total. The first kappa shape index (κ1) is 12.7. The molecule has 0 spiro atoms. The van der Waals surface area contributed by atoms with Gasteiger partial charge >= 0.3 is 0 Å². The minimum atomic E-state index is 0.738. The van der Waals surface area contributed by atoms with Gasteiger partial charge in [-0.05, 0) is 28.9 Å². The number of thiophene rings is 1. The molecule has 1 saturated heterocycles. The minimum Gasteiger partial charge on any atom is -0.338 e. The Hall–Kier alpha value is -2.06. The van der Waals surface area contributed by atoms with Crippen LogP contribution in [0, 0.1) is 0 Å². The lowest BCUT2D eigenvalue weighted by atomic mass is 10.3. The van der Waals surface area contributed by atoms with Crippen LogP contribution < -0.4 is 4.90 Å². The number of likely N-dealkylation sites (N-methyl/N-ethyl adjacent to an activating group) is 1. The number of hydrogen-bond donors (Lipinski definition) is 0. The molecule has 0 radical (unpaired) electrons. The first-order valence-corrected chi connectivity index (χ1v) is 7.76. The van der Waals surface area contributed by atoms with Gasteiger partial charge < -0.3 is 9.80 Å². The smallest absolute Gasteiger partial charge is 0.230 e. The third kappa shape index (κ3) is 2.26. The second kappa shape index (κ2) is 5.05. The van der Waals surface area contributed by atoms with Crippen molar-refractivity contribution in [3.05, 3.63) is 23.6 Å². The average molecular weight is 301 g/mol. The standard InChI is InChI=1S/C13H15N7S/c1-18-4-6-19(7-5-18)13-14-10(11-3-2-8-21-11)9-12-15-16-17-20(12)13/h2-3,8-9H,4-7H2,1H3. The average Bonchev–Trinajstić information content (AvgIpc) is 3.18. The van der Waals surface area contributed by atoms with E-state index in [1.165, 1.54) is 0 Å². The molecule has 3 aromatic rings. The molecule has 21 heavy (non-hydrogen) atoms. The summed E-state index contributed by atoms with van der Waals surface area (Å²) < 4.78 is 1.72. The largest absolute Gasteiger partial charge is 0.338 e. The van der Waals surface area contributed by atoms with Crippen LogP contribution in [0.25, 0.3) is 16.2 Å². The molecule has 8 heteroatoms. The molecule has 0 unspecified atom stereocenters. The summed E-state index contributed by atoms with van der Waals surface area (Å²) in [6, 6.07) is 6.04. The fraction of sp³-hybridized carbons (Fsp3) is 0.385. The van der Waals surface area contributed by atoms with Crippen LogP contribution in [0.3, 0.4) is 0 Å². The molecule has 1 fully saturated rings. The maximum absolute atomic E-state index is 4.80. The normalized spacial score (nSPS) is 16.7. The lowest BCUT2D eigenvalue weighted by Gasteiger charge is -2.32. The van der Waals surface area contributed by atoms with Crippen molar-refractivity contribution in [2.24, 2.45) is 0 Å². The van der Waals surface area contributed by atoms with Gasteiger partial charge in [0.05, 0.1) is 10.6 Å². The zero-order valence-electron chi connectivity index (χ0n) is 11.7. The van der Waals surface area contributed by atoms with Crippen molar-refractivity contribution < 1.29 is 0 Å². The van der Waals surface area contributed by atoms with E-state index >= 15 is 0 Å². The van der Waals surface area contributed by atoms with Crippen LogP contribution in [0.5, 0.6) is 0 Å². The molecule has 0 bridgehead atoms. The molecule has 108 valence electrons.